The van der Waals surface area contributed by atoms with Gasteiger partial charge in [0, 0.05) is 0 Å². The average molecular weight is 263 g/mol. The molecule has 9 heteroatoms. The van der Waals surface area contributed by atoms with E-state index < -0.39 is 16.6 Å². The Labute approximate surface area is 106 Å². The van der Waals surface area contributed by atoms with Crippen LogP contribution in [0.2, 0.25) is 0 Å². The number of hydrogen-bond donors (Lipinski definition) is 2. The summed E-state index contributed by atoms with van der Waals surface area (Å²) in [5.74, 6) is -0.0562. The Hall–Kier alpha value is -2.97. The first-order valence-electron chi connectivity index (χ1n) is 5.15. The van der Waals surface area contributed by atoms with Crippen molar-refractivity contribution >= 4 is 17.9 Å². The van der Waals surface area contributed by atoms with E-state index in [1.807, 2.05) is 0 Å². The second-order valence-corrected chi connectivity index (χ2v) is 3.54. The molecule has 0 fully saturated rings. The molecule has 2 heterocycles. The van der Waals surface area contributed by atoms with Crippen LogP contribution in [0.1, 0.15) is 21.9 Å². The summed E-state index contributed by atoms with van der Waals surface area (Å²) in [6, 6.07) is 3.41. The molecule has 0 radical (unpaired) electrons. The zero-order valence-electron chi connectivity index (χ0n) is 9.78. The van der Waals surface area contributed by atoms with Crippen molar-refractivity contribution in [1.82, 2.24) is 15.6 Å². The van der Waals surface area contributed by atoms with Gasteiger partial charge in [-0.3, -0.25) is 4.79 Å². The Bertz CT molecular complexity index is 642. The van der Waals surface area contributed by atoms with Crippen LogP contribution < -0.4 is 5.43 Å². The van der Waals surface area contributed by atoms with Gasteiger partial charge in [-0.15, -0.1) is 5.10 Å². The molecule has 1 amide bonds. The van der Waals surface area contributed by atoms with Gasteiger partial charge in [0.2, 0.25) is 0 Å². The van der Waals surface area contributed by atoms with Crippen LogP contribution in [0.3, 0.4) is 0 Å². The SMILES string of the molecule is Cc1ccc(/C=N/NC(=O)c2cn[nH]c2[N+](=O)[O-])o1. The van der Waals surface area contributed by atoms with Crippen LogP contribution in [0.5, 0.6) is 0 Å². The predicted octanol–water partition coefficient (Wildman–Crippen LogP) is 0.983. The Balaban J connectivity index is 2.03. The number of aryl methyl sites for hydroxylation is 1. The van der Waals surface area contributed by atoms with Gasteiger partial charge in [0.25, 0.3) is 5.91 Å². The maximum Gasteiger partial charge on any atom is 0.355 e. The zero-order valence-corrected chi connectivity index (χ0v) is 9.78. The van der Waals surface area contributed by atoms with Crippen LogP contribution in [0.4, 0.5) is 5.82 Å². The summed E-state index contributed by atoms with van der Waals surface area (Å²) in [4.78, 5) is 21.5. The molecule has 0 saturated carbocycles. The lowest BCUT2D eigenvalue weighted by Gasteiger charge is -1.96. The number of hydrogen-bond acceptors (Lipinski definition) is 6. The molecule has 98 valence electrons. The summed E-state index contributed by atoms with van der Waals surface area (Å²) in [5, 5.41) is 19.8. The molecule has 0 atom stereocenters. The highest BCUT2D eigenvalue weighted by atomic mass is 16.6. The van der Waals surface area contributed by atoms with Gasteiger partial charge in [0.05, 0.1) is 12.4 Å². The third-order valence-electron chi connectivity index (χ3n) is 2.17. The highest BCUT2D eigenvalue weighted by Gasteiger charge is 2.21. The number of aromatic nitrogens is 2. The van der Waals surface area contributed by atoms with Gasteiger partial charge in [-0.25, -0.2) is 5.43 Å². The van der Waals surface area contributed by atoms with E-state index in [9.17, 15) is 14.9 Å². The fourth-order valence-corrected chi connectivity index (χ4v) is 1.32. The first-order chi connectivity index (χ1) is 9.08. The van der Waals surface area contributed by atoms with Gasteiger partial charge in [0.15, 0.2) is 5.56 Å². The third-order valence-corrected chi connectivity index (χ3v) is 2.17. The number of carbonyl (C=O) groups is 1. The number of aromatic amines is 1. The minimum atomic E-state index is -0.736. The van der Waals surface area contributed by atoms with E-state index in [0.717, 1.165) is 6.20 Å². The molecule has 2 aromatic heterocycles. The number of nitrogens with one attached hydrogen (secondary N) is 2. The van der Waals surface area contributed by atoms with E-state index >= 15 is 0 Å². The van der Waals surface area contributed by atoms with Gasteiger partial charge >= 0.3 is 5.82 Å². The summed E-state index contributed by atoms with van der Waals surface area (Å²) in [6.07, 6.45) is 2.34. The summed E-state index contributed by atoms with van der Waals surface area (Å²) < 4.78 is 5.19. The van der Waals surface area contributed by atoms with Crippen molar-refractivity contribution in [3.8, 4) is 0 Å². The standard InChI is InChI=1S/C10H9N5O4/c1-6-2-3-7(19-6)4-11-14-10(16)8-5-12-13-9(8)15(17)18/h2-5H,1H3,(H,12,13)(H,14,16)/b11-4+. The summed E-state index contributed by atoms with van der Waals surface area (Å²) in [7, 11) is 0. The Morgan fingerprint density at radius 1 is 1.63 bits per heavy atom. The first-order valence-corrected chi connectivity index (χ1v) is 5.15. The van der Waals surface area contributed by atoms with Crippen molar-refractivity contribution < 1.29 is 14.1 Å². The Morgan fingerprint density at radius 3 is 3.05 bits per heavy atom. The van der Waals surface area contributed by atoms with Crippen molar-refractivity contribution in [3.05, 3.63) is 45.5 Å². The maximum absolute atomic E-state index is 11.6. The summed E-state index contributed by atoms with van der Waals surface area (Å²) in [6.45, 7) is 1.77. The molecule has 0 aromatic carbocycles. The quantitative estimate of drug-likeness (QED) is 0.483. The molecule has 0 aliphatic carbocycles. The van der Waals surface area contributed by atoms with Gasteiger partial charge < -0.3 is 14.5 Å². The molecule has 0 spiro atoms. The van der Waals surface area contributed by atoms with Crippen molar-refractivity contribution in [2.24, 2.45) is 5.10 Å². The van der Waals surface area contributed by atoms with E-state index in [1.54, 1.807) is 19.1 Å². The first kappa shape index (κ1) is 12.5. The van der Waals surface area contributed by atoms with Crippen molar-refractivity contribution in [2.45, 2.75) is 6.92 Å². The molecule has 0 bridgehead atoms. The van der Waals surface area contributed by atoms with Gasteiger partial charge in [0.1, 0.15) is 11.5 Å². The number of furan rings is 1. The van der Waals surface area contributed by atoms with Crippen molar-refractivity contribution in [1.29, 1.82) is 0 Å². The number of nitrogens with zero attached hydrogens (tertiary/aromatic N) is 3. The number of amides is 1. The molecule has 19 heavy (non-hydrogen) atoms. The predicted molar refractivity (Wildman–Crippen MR) is 63.7 cm³/mol. The fraction of sp³-hybridized carbons (Fsp3) is 0.100. The van der Waals surface area contributed by atoms with Gasteiger partial charge in [-0.05, 0) is 24.0 Å². The van der Waals surface area contributed by atoms with Crippen LogP contribution in [-0.4, -0.2) is 27.2 Å². The second kappa shape index (κ2) is 5.12. The van der Waals surface area contributed by atoms with E-state index in [4.69, 9.17) is 4.42 Å². The molecule has 0 aliphatic heterocycles. The Kier molecular flexibility index (Phi) is 3.37. The van der Waals surface area contributed by atoms with Crippen LogP contribution in [-0.2, 0) is 0 Å². The lowest BCUT2D eigenvalue weighted by Crippen LogP contribution is -2.18. The topological polar surface area (TPSA) is 126 Å². The number of rotatable bonds is 4. The van der Waals surface area contributed by atoms with Gasteiger partial charge in [-0.1, -0.05) is 5.10 Å². The number of carbonyl (C=O) groups excluding carboxylic acids is 1. The molecule has 0 aliphatic rings. The molecular weight excluding hydrogens is 254 g/mol. The smallest absolute Gasteiger partial charge is 0.355 e. The highest BCUT2D eigenvalue weighted by molar-refractivity contribution is 5.97. The Morgan fingerprint density at radius 2 is 2.42 bits per heavy atom. The largest absolute Gasteiger partial charge is 0.460 e. The number of nitro groups is 1. The molecule has 0 unspecified atom stereocenters. The highest BCUT2D eigenvalue weighted by Crippen LogP contribution is 2.12. The molecule has 2 rings (SSSR count). The molecular formula is C10H9N5O4. The van der Waals surface area contributed by atoms with E-state index in [2.05, 4.69) is 20.7 Å². The average Bonchev–Trinajstić information content (AvgIpc) is 2.97. The fourth-order valence-electron chi connectivity index (χ4n) is 1.32. The van der Waals surface area contributed by atoms with Crippen molar-refractivity contribution in [2.75, 3.05) is 0 Å². The number of H-pyrrole nitrogens is 1. The lowest BCUT2D eigenvalue weighted by molar-refractivity contribution is -0.389. The normalized spacial score (nSPS) is 10.8. The number of hydrazone groups is 1. The van der Waals surface area contributed by atoms with Gasteiger partial charge in [-0.2, -0.15) is 5.10 Å². The van der Waals surface area contributed by atoms with Crippen LogP contribution in [0.15, 0.2) is 27.8 Å². The minimum absolute atomic E-state index is 0.197. The zero-order chi connectivity index (χ0) is 13.8. The molecule has 2 aromatic rings. The minimum Gasteiger partial charge on any atom is -0.460 e. The second-order valence-electron chi connectivity index (χ2n) is 3.54. The van der Waals surface area contributed by atoms with Crippen LogP contribution in [0, 0.1) is 17.0 Å². The molecule has 9 nitrogen and oxygen atoms in total. The lowest BCUT2D eigenvalue weighted by atomic mass is 10.3. The van der Waals surface area contributed by atoms with Crippen LogP contribution in [0.25, 0.3) is 0 Å². The third kappa shape index (κ3) is 2.83. The van der Waals surface area contributed by atoms with E-state index in [-0.39, 0.29) is 5.56 Å². The maximum atomic E-state index is 11.6. The van der Waals surface area contributed by atoms with Crippen LogP contribution >= 0.6 is 0 Å². The van der Waals surface area contributed by atoms with Crippen molar-refractivity contribution in [3.63, 3.8) is 0 Å². The van der Waals surface area contributed by atoms with E-state index in [1.165, 1.54) is 6.21 Å². The summed E-state index contributed by atoms with van der Waals surface area (Å²) in [5.41, 5.74) is 1.95. The monoisotopic (exact) mass is 263 g/mol. The molecule has 2 N–H and O–H groups in total. The van der Waals surface area contributed by atoms with E-state index in [0.29, 0.717) is 11.5 Å². The summed E-state index contributed by atoms with van der Waals surface area (Å²) >= 11 is 0. The molecule has 0 saturated heterocycles.